The van der Waals surface area contributed by atoms with Gasteiger partial charge in [-0.15, -0.1) is 5.17 Å². The maximum atomic E-state index is 12.8. The van der Waals surface area contributed by atoms with E-state index in [-0.39, 0.29) is 13.3 Å². The Kier molecular flexibility index (Phi) is 5.40. The molecule has 0 fully saturated rings. The van der Waals surface area contributed by atoms with Gasteiger partial charge in [-0.1, -0.05) is 35.9 Å². The lowest BCUT2D eigenvalue weighted by molar-refractivity contribution is -0.159. The minimum absolute atomic E-state index is 0.0715. The van der Waals surface area contributed by atoms with Crippen molar-refractivity contribution in [3.05, 3.63) is 82.9 Å². The number of aromatic nitrogens is 3. The first-order valence-corrected chi connectivity index (χ1v) is 10.4. The molecule has 0 saturated heterocycles. The summed E-state index contributed by atoms with van der Waals surface area (Å²) in [7, 11) is 1.83. The molecular formula is C23H20F3N7O. The fourth-order valence-corrected chi connectivity index (χ4v) is 3.68. The van der Waals surface area contributed by atoms with Gasteiger partial charge in [0.2, 0.25) is 5.84 Å². The Bertz CT molecular complexity index is 1290. The van der Waals surface area contributed by atoms with Gasteiger partial charge in [-0.05, 0) is 24.1 Å². The number of fused-ring (bicyclic) bond motifs is 1. The summed E-state index contributed by atoms with van der Waals surface area (Å²) >= 11 is 0. The third kappa shape index (κ3) is 4.29. The Morgan fingerprint density at radius 2 is 1.82 bits per heavy atom. The molecule has 0 unspecified atom stereocenters. The summed E-state index contributed by atoms with van der Waals surface area (Å²) in [6, 6.07) is 10.4. The minimum Gasteiger partial charge on any atom is -0.275 e. The molecule has 2 aromatic heterocycles. The van der Waals surface area contributed by atoms with Crippen LogP contribution in [0, 0.1) is 6.92 Å². The third-order valence-electron chi connectivity index (χ3n) is 5.37. The third-order valence-corrected chi connectivity index (χ3v) is 5.37. The predicted octanol–water partition coefficient (Wildman–Crippen LogP) is 4.07. The second kappa shape index (κ2) is 8.41. The van der Waals surface area contributed by atoms with E-state index in [0.29, 0.717) is 11.4 Å². The number of aryl methyl sites for hydroxylation is 2. The standard InChI is InChI=1S/C23H20F3N7O/c1-15-3-6-17(7-4-15)19-11-29-33-22(21(19)18-10-28-31(2)13-18)30-32(14-34-33)12-16-5-8-20(27-9-16)23(24,25)26/h3-11,13H,12,14H2,1-2H3. The van der Waals surface area contributed by atoms with Crippen LogP contribution < -0.4 is 0 Å². The number of allylic oxidation sites excluding steroid dienone is 1. The van der Waals surface area contributed by atoms with E-state index in [1.807, 2.05) is 44.4 Å². The summed E-state index contributed by atoms with van der Waals surface area (Å²) in [4.78, 5) is 9.30. The van der Waals surface area contributed by atoms with Crippen LogP contribution in [0.25, 0.3) is 11.1 Å². The highest BCUT2D eigenvalue weighted by Gasteiger charge is 2.33. The Labute approximate surface area is 193 Å². The molecule has 0 saturated carbocycles. The smallest absolute Gasteiger partial charge is 0.275 e. The second-order valence-corrected chi connectivity index (χ2v) is 7.97. The summed E-state index contributed by atoms with van der Waals surface area (Å²) in [5, 5.41) is 16.4. The highest BCUT2D eigenvalue weighted by atomic mass is 19.4. The van der Waals surface area contributed by atoms with Crippen LogP contribution in [-0.4, -0.2) is 43.7 Å². The van der Waals surface area contributed by atoms with Gasteiger partial charge in [0.1, 0.15) is 5.69 Å². The molecule has 0 bridgehead atoms. The monoisotopic (exact) mass is 467 g/mol. The Balaban J connectivity index is 1.52. The average Bonchev–Trinajstić information content (AvgIpc) is 3.24. The van der Waals surface area contributed by atoms with Gasteiger partial charge in [-0.2, -0.15) is 28.5 Å². The Morgan fingerprint density at radius 1 is 1.03 bits per heavy atom. The highest BCUT2D eigenvalue weighted by Crippen LogP contribution is 2.33. The van der Waals surface area contributed by atoms with Crippen LogP contribution in [0.15, 0.2) is 65.2 Å². The van der Waals surface area contributed by atoms with E-state index in [1.54, 1.807) is 22.1 Å². The first kappa shape index (κ1) is 21.8. The van der Waals surface area contributed by atoms with E-state index in [2.05, 4.69) is 15.2 Å². The summed E-state index contributed by atoms with van der Waals surface area (Å²) in [6.07, 6.45) is 2.05. The van der Waals surface area contributed by atoms with E-state index in [0.717, 1.165) is 33.9 Å². The lowest BCUT2D eigenvalue weighted by Crippen LogP contribution is -2.41. The number of hydrogen-bond donors (Lipinski definition) is 0. The van der Waals surface area contributed by atoms with Crippen molar-refractivity contribution < 1.29 is 18.0 Å². The second-order valence-electron chi connectivity index (χ2n) is 7.97. The number of pyridine rings is 1. The van der Waals surface area contributed by atoms with Gasteiger partial charge in [0.25, 0.3) is 0 Å². The molecule has 0 amide bonds. The van der Waals surface area contributed by atoms with Gasteiger partial charge in [0.15, 0.2) is 6.73 Å². The van der Waals surface area contributed by atoms with Crippen LogP contribution >= 0.6 is 0 Å². The van der Waals surface area contributed by atoms with Gasteiger partial charge in [0.05, 0.1) is 19.0 Å². The SMILES string of the molecule is Cc1ccc(C2=C(c3cnn(C)c3)C3=NN(Cc4ccc(C(F)(F)F)nc4)CON3N=C2)cc1. The molecule has 2 aliphatic rings. The molecule has 2 aliphatic heterocycles. The summed E-state index contributed by atoms with van der Waals surface area (Å²) in [6.45, 7) is 2.30. The molecule has 0 atom stereocenters. The first-order valence-electron chi connectivity index (χ1n) is 10.4. The molecule has 0 radical (unpaired) electrons. The maximum Gasteiger partial charge on any atom is 0.433 e. The molecule has 1 aromatic carbocycles. The topological polar surface area (TPSA) is 71.1 Å². The molecule has 0 aliphatic carbocycles. The lowest BCUT2D eigenvalue weighted by atomic mass is 9.95. The molecule has 0 N–H and O–H groups in total. The molecule has 174 valence electrons. The molecule has 34 heavy (non-hydrogen) atoms. The number of hydrazone groups is 2. The normalized spacial score (nSPS) is 16.1. The number of rotatable bonds is 4. The number of hydroxylamine groups is 1. The summed E-state index contributed by atoms with van der Waals surface area (Å²) in [5.74, 6) is 0.456. The minimum atomic E-state index is -4.48. The summed E-state index contributed by atoms with van der Waals surface area (Å²) < 4.78 is 40.2. The van der Waals surface area contributed by atoms with Gasteiger partial charge in [-0.25, -0.2) is 4.84 Å². The maximum absolute atomic E-state index is 12.8. The van der Waals surface area contributed by atoms with E-state index in [9.17, 15) is 13.2 Å². The van der Waals surface area contributed by atoms with Crippen LogP contribution in [-0.2, 0) is 24.6 Å². The fourth-order valence-electron chi connectivity index (χ4n) is 3.68. The van der Waals surface area contributed by atoms with Gasteiger partial charge in [-0.3, -0.25) is 14.7 Å². The van der Waals surface area contributed by atoms with Crippen molar-refractivity contribution in [3.63, 3.8) is 0 Å². The number of benzene rings is 1. The van der Waals surface area contributed by atoms with Gasteiger partial charge in [0, 0.05) is 36.2 Å². The molecule has 4 heterocycles. The zero-order chi connectivity index (χ0) is 23.9. The molecule has 3 aromatic rings. The highest BCUT2D eigenvalue weighted by molar-refractivity contribution is 6.39. The van der Waals surface area contributed by atoms with Crippen LogP contribution in [0.5, 0.6) is 0 Å². The van der Waals surface area contributed by atoms with E-state index in [1.165, 1.54) is 17.4 Å². The van der Waals surface area contributed by atoms with Crippen molar-refractivity contribution in [2.45, 2.75) is 19.6 Å². The zero-order valence-corrected chi connectivity index (χ0v) is 18.4. The quantitative estimate of drug-likeness (QED) is 0.579. The molecular weight excluding hydrogens is 447 g/mol. The number of nitrogens with zero attached hydrogens (tertiary/aromatic N) is 7. The Hall–Kier alpha value is -3.99. The average molecular weight is 467 g/mol. The van der Waals surface area contributed by atoms with Crippen molar-refractivity contribution in [3.8, 4) is 0 Å². The van der Waals surface area contributed by atoms with Crippen molar-refractivity contribution in [2.75, 3.05) is 6.73 Å². The zero-order valence-electron chi connectivity index (χ0n) is 18.4. The van der Waals surface area contributed by atoms with Crippen molar-refractivity contribution >= 4 is 23.2 Å². The molecule has 0 spiro atoms. The Morgan fingerprint density at radius 3 is 2.47 bits per heavy atom. The van der Waals surface area contributed by atoms with Crippen LogP contribution in [0.3, 0.4) is 0 Å². The van der Waals surface area contributed by atoms with Crippen LogP contribution in [0.1, 0.15) is 27.9 Å². The van der Waals surface area contributed by atoms with Crippen LogP contribution in [0.2, 0.25) is 0 Å². The largest absolute Gasteiger partial charge is 0.433 e. The van der Waals surface area contributed by atoms with Gasteiger partial charge >= 0.3 is 6.18 Å². The van der Waals surface area contributed by atoms with Crippen molar-refractivity contribution in [1.82, 2.24) is 24.9 Å². The molecule has 11 heteroatoms. The van der Waals surface area contributed by atoms with E-state index < -0.39 is 11.9 Å². The number of halogens is 3. The molecule has 5 rings (SSSR count). The van der Waals surface area contributed by atoms with Crippen molar-refractivity contribution in [2.24, 2.45) is 17.3 Å². The van der Waals surface area contributed by atoms with E-state index >= 15 is 0 Å². The van der Waals surface area contributed by atoms with E-state index in [4.69, 9.17) is 9.94 Å². The fraction of sp³-hybridized carbons (Fsp3) is 0.217. The predicted molar refractivity (Wildman–Crippen MR) is 120 cm³/mol. The number of alkyl halides is 3. The number of amidine groups is 1. The lowest BCUT2D eigenvalue weighted by Gasteiger charge is -2.33. The van der Waals surface area contributed by atoms with Crippen LogP contribution in [0.4, 0.5) is 13.2 Å². The summed E-state index contributed by atoms with van der Waals surface area (Å²) in [5.41, 5.74) is 4.19. The molecule has 8 nitrogen and oxygen atoms in total. The van der Waals surface area contributed by atoms with Crippen molar-refractivity contribution in [1.29, 1.82) is 0 Å². The number of hydrogen-bond acceptors (Lipinski definition) is 7. The van der Waals surface area contributed by atoms with Gasteiger partial charge < -0.3 is 0 Å². The first-order chi connectivity index (χ1) is 16.3.